The molecule has 1 N–H and O–H groups in total. The zero-order valence-electron chi connectivity index (χ0n) is 12.9. The van der Waals surface area contributed by atoms with Gasteiger partial charge >= 0.3 is 6.18 Å². The van der Waals surface area contributed by atoms with Crippen molar-refractivity contribution in [3.05, 3.63) is 59.2 Å². The van der Waals surface area contributed by atoms with Gasteiger partial charge in [-0.15, -0.1) is 0 Å². The van der Waals surface area contributed by atoms with Crippen molar-refractivity contribution >= 4 is 0 Å². The van der Waals surface area contributed by atoms with Crippen molar-refractivity contribution in [1.82, 2.24) is 0 Å². The van der Waals surface area contributed by atoms with Crippen LogP contribution in [0.5, 0.6) is 11.5 Å². The Kier molecular flexibility index (Phi) is 3.48. The van der Waals surface area contributed by atoms with Crippen LogP contribution in [0.25, 0.3) is 0 Å². The SMILES string of the molecule is Oc1ccc2c(c1)[C@H]1CCC[C@H]1[C@@H](c1ccc(C(F)(F)F)cc1)O2. The summed E-state index contributed by atoms with van der Waals surface area (Å²) >= 11 is 0. The van der Waals surface area contributed by atoms with Gasteiger partial charge in [0.1, 0.15) is 17.6 Å². The Hall–Kier alpha value is -2.17. The third-order valence-electron chi connectivity index (χ3n) is 5.17. The molecule has 0 unspecified atom stereocenters. The highest BCUT2D eigenvalue weighted by molar-refractivity contribution is 5.45. The van der Waals surface area contributed by atoms with E-state index >= 15 is 0 Å². The molecule has 2 nitrogen and oxygen atoms in total. The van der Waals surface area contributed by atoms with Gasteiger partial charge in [-0.25, -0.2) is 0 Å². The molecule has 1 heterocycles. The van der Waals surface area contributed by atoms with Gasteiger partial charge in [0.25, 0.3) is 0 Å². The van der Waals surface area contributed by atoms with E-state index in [0.29, 0.717) is 0 Å². The van der Waals surface area contributed by atoms with Gasteiger partial charge in [-0.05, 0) is 54.7 Å². The number of aromatic hydroxyl groups is 1. The number of halogens is 3. The minimum atomic E-state index is -4.33. The highest BCUT2D eigenvalue weighted by atomic mass is 19.4. The third-order valence-corrected chi connectivity index (χ3v) is 5.17. The summed E-state index contributed by atoms with van der Waals surface area (Å²) in [4.78, 5) is 0. The molecule has 0 amide bonds. The lowest BCUT2D eigenvalue weighted by molar-refractivity contribution is -0.137. The van der Waals surface area contributed by atoms with Gasteiger partial charge in [0.15, 0.2) is 0 Å². The van der Waals surface area contributed by atoms with Crippen LogP contribution >= 0.6 is 0 Å². The van der Waals surface area contributed by atoms with Crippen LogP contribution in [0.15, 0.2) is 42.5 Å². The molecule has 1 fully saturated rings. The first-order valence-electron chi connectivity index (χ1n) is 8.10. The van der Waals surface area contributed by atoms with Gasteiger partial charge in [0.2, 0.25) is 0 Å². The zero-order chi connectivity index (χ0) is 16.9. The predicted octanol–water partition coefficient (Wildman–Crippen LogP) is 5.43. The molecule has 2 aromatic rings. The molecule has 0 bridgehead atoms. The van der Waals surface area contributed by atoms with Crippen LogP contribution in [0, 0.1) is 5.92 Å². The lowest BCUT2D eigenvalue weighted by Gasteiger charge is -2.36. The number of ether oxygens (including phenoxy) is 1. The van der Waals surface area contributed by atoms with E-state index in [1.165, 1.54) is 12.1 Å². The average Bonchev–Trinajstić information content (AvgIpc) is 3.03. The molecule has 1 saturated carbocycles. The maximum absolute atomic E-state index is 12.8. The summed E-state index contributed by atoms with van der Waals surface area (Å²) in [5, 5.41) is 9.74. The Bertz CT molecular complexity index is 752. The smallest absolute Gasteiger partial charge is 0.416 e. The van der Waals surface area contributed by atoms with E-state index in [2.05, 4.69) is 0 Å². The minimum Gasteiger partial charge on any atom is -0.508 e. The maximum Gasteiger partial charge on any atom is 0.416 e. The van der Waals surface area contributed by atoms with E-state index in [-0.39, 0.29) is 23.7 Å². The number of alkyl halides is 3. The van der Waals surface area contributed by atoms with Gasteiger partial charge in [0, 0.05) is 11.5 Å². The van der Waals surface area contributed by atoms with E-state index in [0.717, 1.165) is 48.3 Å². The van der Waals surface area contributed by atoms with E-state index in [1.807, 2.05) is 0 Å². The van der Waals surface area contributed by atoms with E-state index < -0.39 is 11.7 Å². The van der Waals surface area contributed by atoms with Gasteiger partial charge in [-0.1, -0.05) is 18.6 Å². The van der Waals surface area contributed by atoms with Crippen LogP contribution in [-0.4, -0.2) is 5.11 Å². The van der Waals surface area contributed by atoms with Crippen molar-refractivity contribution in [2.45, 2.75) is 37.5 Å². The van der Waals surface area contributed by atoms with E-state index in [9.17, 15) is 18.3 Å². The topological polar surface area (TPSA) is 29.5 Å². The fraction of sp³-hybridized carbons (Fsp3) is 0.368. The minimum absolute atomic E-state index is 0.219. The first-order chi connectivity index (χ1) is 11.4. The van der Waals surface area contributed by atoms with Crippen LogP contribution in [-0.2, 0) is 6.18 Å². The second-order valence-electron chi connectivity index (χ2n) is 6.58. The van der Waals surface area contributed by atoms with Crippen LogP contribution in [0.2, 0.25) is 0 Å². The molecule has 0 saturated heterocycles. The Morgan fingerprint density at radius 3 is 2.46 bits per heavy atom. The molecule has 0 aromatic heterocycles. The average molecular weight is 334 g/mol. The number of phenolic OH excluding ortho intramolecular Hbond substituents is 1. The molecule has 2 aromatic carbocycles. The maximum atomic E-state index is 12.8. The number of rotatable bonds is 1. The summed E-state index contributed by atoms with van der Waals surface area (Å²) < 4.78 is 44.4. The molecular weight excluding hydrogens is 317 g/mol. The second kappa shape index (κ2) is 5.43. The molecule has 2 aliphatic rings. The van der Waals surface area contributed by atoms with Crippen LogP contribution in [0.1, 0.15) is 48.0 Å². The fourth-order valence-corrected chi connectivity index (χ4v) is 4.07. The molecule has 5 heteroatoms. The van der Waals surface area contributed by atoms with E-state index in [1.54, 1.807) is 18.2 Å². The van der Waals surface area contributed by atoms with Crippen molar-refractivity contribution in [3.63, 3.8) is 0 Å². The Balaban J connectivity index is 1.70. The van der Waals surface area contributed by atoms with Gasteiger partial charge in [-0.2, -0.15) is 13.2 Å². The summed E-state index contributed by atoms with van der Waals surface area (Å²) in [5.41, 5.74) is 1.15. The summed E-state index contributed by atoms with van der Waals surface area (Å²) in [6, 6.07) is 10.4. The quantitative estimate of drug-likeness (QED) is 0.754. The highest BCUT2D eigenvalue weighted by Crippen LogP contribution is 2.54. The number of fused-ring (bicyclic) bond motifs is 3. The van der Waals surface area contributed by atoms with Gasteiger partial charge in [0.05, 0.1) is 5.56 Å². The molecule has 3 atom stereocenters. The van der Waals surface area contributed by atoms with Gasteiger partial charge in [-0.3, -0.25) is 0 Å². The summed E-state index contributed by atoms with van der Waals surface area (Å²) in [6.07, 6.45) is -1.51. The Morgan fingerprint density at radius 2 is 1.75 bits per heavy atom. The number of benzene rings is 2. The second-order valence-corrected chi connectivity index (χ2v) is 6.58. The monoisotopic (exact) mass is 334 g/mol. The number of phenols is 1. The Morgan fingerprint density at radius 1 is 1.00 bits per heavy atom. The van der Waals surface area contributed by atoms with Crippen molar-refractivity contribution in [2.24, 2.45) is 5.92 Å². The number of hydrogen-bond donors (Lipinski definition) is 1. The first-order valence-corrected chi connectivity index (χ1v) is 8.10. The predicted molar refractivity (Wildman–Crippen MR) is 83.0 cm³/mol. The van der Waals surface area contributed by atoms with Crippen molar-refractivity contribution in [2.75, 3.05) is 0 Å². The molecule has 0 spiro atoms. The highest BCUT2D eigenvalue weighted by Gasteiger charge is 2.42. The largest absolute Gasteiger partial charge is 0.508 e. The molecule has 4 rings (SSSR count). The molecule has 0 radical (unpaired) electrons. The molecule has 1 aliphatic heterocycles. The molecule has 1 aliphatic carbocycles. The Labute approximate surface area is 137 Å². The van der Waals surface area contributed by atoms with Crippen molar-refractivity contribution < 1.29 is 23.0 Å². The summed E-state index contributed by atoms with van der Waals surface area (Å²) in [6.45, 7) is 0. The molecule has 126 valence electrons. The van der Waals surface area contributed by atoms with Crippen LogP contribution in [0.4, 0.5) is 13.2 Å². The summed E-state index contributed by atoms with van der Waals surface area (Å²) in [7, 11) is 0. The third kappa shape index (κ3) is 2.52. The number of hydrogen-bond acceptors (Lipinski definition) is 2. The van der Waals surface area contributed by atoms with Crippen molar-refractivity contribution in [3.8, 4) is 11.5 Å². The lowest BCUT2D eigenvalue weighted by Crippen LogP contribution is -2.26. The normalized spacial score (nSPS) is 25.7. The summed E-state index contributed by atoms with van der Waals surface area (Å²) in [5.74, 6) is 1.46. The molecular formula is C19H17F3O2. The van der Waals surface area contributed by atoms with Crippen LogP contribution < -0.4 is 4.74 Å². The standard InChI is InChI=1S/C19H17F3O2/c20-19(21,22)12-6-4-11(5-7-12)18-15-3-1-2-14(15)16-10-13(23)8-9-17(16)24-18/h4-10,14-15,18,23H,1-3H2/t14-,15+,18+/m0/s1. The van der Waals surface area contributed by atoms with Gasteiger partial charge < -0.3 is 9.84 Å². The van der Waals surface area contributed by atoms with Crippen LogP contribution in [0.3, 0.4) is 0 Å². The van der Waals surface area contributed by atoms with Crippen molar-refractivity contribution in [1.29, 1.82) is 0 Å². The zero-order valence-corrected chi connectivity index (χ0v) is 12.9. The fourth-order valence-electron chi connectivity index (χ4n) is 4.07. The lowest BCUT2D eigenvalue weighted by atomic mass is 9.80. The molecule has 24 heavy (non-hydrogen) atoms. The van der Waals surface area contributed by atoms with E-state index in [4.69, 9.17) is 4.74 Å². The first kappa shape index (κ1) is 15.4.